The van der Waals surface area contributed by atoms with Crippen molar-refractivity contribution in [1.82, 2.24) is 10.3 Å². The Hall–Kier alpha value is -1.49. The Kier molecular flexibility index (Phi) is 3.68. The molecule has 0 bridgehead atoms. The van der Waals surface area contributed by atoms with Gasteiger partial charge in [-0.3, -0.25) is 4.79 Å². The minimum Gasteiger partial charge on any atom is -0.350 e. The molecule has 0 radical (unpaired) electrons. The minimum absolute atomic E-state index is 0.181. The van der Waals surface area contributed by atoms with E-state index in [2.05, 4.69) is 17.2 Å². The van der Waals surface area contributed by atoms with Gasteiger partial charge in [0.15, 0.2) is 5.01 Å². The summed E-state index contributed by atoms with van der Waals surface area (Å²) in [6, 6.07) is 4.33. The normalized spacial score (nSPS) is 10.7. The Bertz CT molecular complexity index is 538. The number of rotatable bonds is 4. The monoisotopic (exact) mass is 252 g/mol. The van der Waals surface area contributed by atoms with E-state index in [-0.39, 0.29) is 11.7 Å². The van der Waals surface area contributed by atoms with Crippen molar-refractivity contribution >= 4 is 27.5 Å². The van der Waals surface area contributed by atoms with Crippen LogP contribution in [0.4, 0.5) is 4.39 Å². The zero-order valence-corrected chi connectivity index (χ0v) is 10.3. The third-order valence-corrected chi connectivity index (χ3v) is 3.38. The summed E-state index contributed by atoms with van der Waals surface area (Å²) in [4.78, 5) is 15.9. The van der Waals surface area contributed by atoms with E-state index >= 15 is 0 Å². The second kappa shape index (κ2) is 5.23. The van der Waals surface area contributed by atoms with Gasteiger partial charge < -0.3 is 5.32 Å². The van der Waals surface area contributed by atoms with E-state index < -0.39 is 0 Å². The van der Waals surface area contributed by atoms with Crippen molar-refractivity contribution in [2.75, 3.05) is 6.54 Å². The van der Waals surface area contributed by atoms with Gasteiger partial charge in [-0.05, 0) is 24.6 Å². The maximum atomic E-state index is 13.0. The summed E-state index contributed by atoms with van der Waals surface area (Å²) in [5.74, 6) is -0.487. The summed E-state index contributed by atoms with van der Waals surface area (Å²) in [6.45, 7) is 2.71. The number of amides is 1. The first-order valence-corrected chi connectivity index (χ1v) is 6.36. The Morgan fingerprint density at radius 2 is 2.35 bits per heavy atom. The molecule has 1 N–H and O–H groups in total. The molecule has 0 fully saturated rings. The lowest BCUT2D eigenvalue weighted by Crippen LogP contribution is -2.24. The number of thiazole rings is 1. The predicted molar refractivity (Wildman–Crippen MR) is 66.8 cm³/mol. The van der Waals surface area contributed by atoms with Crippen LogP contribution in [0.25, 0.3) is 10.2 Å². The zero-order valence-electron chi connectivity index (χ0n) is 9.50. The lowest BCUT2D eigenvalue weighted by atomic mass is 10.3. The smallest absolute Gasteiger partial charge is 0.280 e. The fourth-order valence-electron chi connectivity index (χ4n) is 1.45. The van der Waals surface area contributed by atoms with Crippen molar-refractivity contribution in [2.45, 2.75) is 19.8 Å². The summed E-state index contributed by atoms with van der Waals surface area (Å²) in [5.41, 5.74) is 0.664. The molecule has 0 saturated heterocycles. The van der Waals surface area contributed by atoms with E-state index in [4.69, 9.17) is 0 Å². The minimum atomic E-state index is -0.306. The van der Waals surface area contributed by atoms with Crippen LogP contribution in [0.15, 0.2) is 18.2 Å². The average Bonchev–Trinajstić information content (AvgIpc) is 2.72. The summed E-state index contributed by atoms with van der Waals surface area (Å²) in [5, 5.41) is 3.18. The van der Waals surface area contributed by atoms with Gasteiger partial charge in [-0.1, -0.05) is 13.3 Å². The van der Waals surface area contributed by atoms with Crippen molar-refractivity contribution in [1.29, 1.82) is 0 Å². The molecule has 0 atom stereocenters. The van der Waals surface area contributed by atoms with E-state index in [0.717, 1.165) is 12.8 Å². The predicted octanol–water partition coefficient (Wildman–Crippen LogP) is 2.97. The Labute approximate surface area is 103 Å². The number of unbranched alkanes of at least 4 members (excludes halogenated alkanes) is 1. The molecule has 0 spiro atoms. The summed E-state index contributed by atoms with van der Waals surface area (Å²) < 4.78 is 13.7. The van der Waals surface area contributed by atoms with Gasteiger partial charge in [-0.2, -0.15) is 0 Å². The molecular formula is C12H13FN2OS. The number of fused-ring (bicyclic) bond motifs is 1. The Morgan fingerprint density at radius 1 is 1.53 bits per heavy atom. The van der Waals surface area contributed by atoms with Gasteiger partial charge >= 0.3 is 0 Å². The van der Waals surface area contributed by atoms with Crippen LogP contribution in [0.3, 0.4) is 0 Å². The number of carbonyl (C=O) groups excluding carboxylic acids is 1. The van der Waals surface area contributed by atoms with Crippen molar-refractivity contribution < 1.29 is 9.18 Å². The highest BCUT2D eigenvalue weighted by atomic mass is 32.1. The molecule has 1 aromatic heterocycles. The summed E-state index contributed by atoms with van der Waals surface area (Å²) in [6.07, 6.45) is 1.98. The Balaban J connectivity index is 2.15. The van der Waals surface area contributed by atoms with Gasteiger partial charge in [0, 0.05) is 6.54 Å². The average molecular weight is 252 g/mol. The molecule has 1 amide bonds. The van der Waals surface area contributed by atoms with Crippen LogP contribution in [0.5, 0.6) is 0 Å². The SMILES string of the molecule is CCCCNC(=O)c1nc2ccc(F)cc2s1. The number of hydrogen-bond acceptors (Lipinski definition) is 3. The van der Waals surface area contributed by atoms with Crippen molar-refractivity contribution in [3.05, 3.63) is 29.0 Å². The second-order valence-electron chi connectivity index (χ2n) is 3.74. The summed E-state index contributed by atoms with van der Waals surface area (Å²) in [7, 11) is 0. The van der Waals surface area contributed by atoms with E-state index in [9.17, 15) is 9.18 Å². The van der Waals surface area contributed by atoms with E-state index in [0.29, 0.717) is 21.8 Å². The molecular weight excluding hydrogens is 239 g/mol. The van der Waals surface area contributed by atoms with Gasteiger partial charge in [0.1, 0.15) is 5.82 Å². The van der Waals surface area contributed by atoms with Gasteiger partial charge in [0.25, 0.3) is 5.91 Å². The van der Waals surface area contributed by atoms with Crippen LogP contribution in [0.2, 0.25) is 0 Å². The molecule has 2 rings (SSSR count). The van der Waals surface area contributed by atoms with Crippen LogP contribution in [0.1, 0.15) is 29.6 Å². The molecule has 3 nitrogen and oxygen atoms in total. The van der Waals surface area contributed by atoms with Crippen LogP contribution in [-0.2, 0) is 0 Å². The Morgan fingerprint density at radius 3 is 3.12 bits per heavy atom. The molecule has 5 heteroatoms. The highest BCUT2D eigenvalue weighted by Crippen LogP contribution is 2.22. The number of benzene rings is 1. The number of hydrogen-bond donors (Lipinski definition) is 1. The van der Waals surface area contributed by atoms with Crippen LogP contribution >= 0.6 is 11.3 Å². The largest absolute Gasteiger partial charge is 0.350 e. The molecule has 2 aromatic rings. The van der Waals surface area contributed by atoms with Crippen molar-refractivity contribution in [3.63, 3.8) is 0 Å². The third kappa shape index (κ3) is 2.79. The van der Waals surface area contributed by atoms with E-state index in [1.807, 2.05) is 0 Å². The van der Waals surface area contributed by atoms with Gasteiger partial charge in [-0.25, -0.2) is 9.37 Å². The van der Waals surface area contributed by atoms with E-state index in [1.54, 1.807) is 6.07 Å². The molecule has 17 heavy (non-hydrogen) atoms. The second-order valence-corrected chi connectivity index (χ2v) is 4.77. The van der Waals surface area contributed by atoms with Crippen LogP contribution in [-0.4, -0.2) is 17.4 Å². The third-order valence-electron chi connectivity index (χ3n) is 2.36. The van der Waals surface area contributed by atoms with Gasteiger partial charge in [-0.15, -0.1) is 11.3 Å². The molecule has 0 unspecified atom stereocenters. The zero-order chi connectivity index (χ0) is 12.3. The molecule has 0 saturated carbocycles. The molecule has 1 aromatic carbocycles. The fraction of sp³-hybridized carbons (Fsp3) is 0.333. The van der Waals surface area contributed by atoms with Crippen LogP contribution in [0, 0.1) is 5.82 Å². The van der Waals surface area contributed by atoms with E-state index in [1.165, 1.54) is 23.5 Å². The highest BCUT2D eigenvalue weighted by molar-refractivity contribution is 7.20. The van der Waals surface area contributed by atoms with Crippen LogP contribution < -0.4 is 5.32 Å². The first-order chi connectivity index (χ1) is 8.20. The molecule has 90 valence electrons. The molecule has 0 aliphatic heterocycles. The lowest BCUT2D eigenvalue weighted by Gasteiger charge is -1.99. The summed E-state index contributed by atoms with van der Waals surface area (Å²) >= 11 is 1.21. The standard InChI is InChI=1S/C12H13FN2OS/c1-2-3-6-14-11(16)12-15-9-5-4-8(13)7-10(9)17-12/h4-5,7H,2-3,6H2,1H3,(H,14,16). The topological polar surface area (TPSA) is 42.0 Å². The molecule has 0 aliphatic rings. The first-order valence-electron chi connectivity index (χ1n) is 5.55. The lowest BCUT2D eigenvalue weighted by molar-refractivity contribution is 0.0953. The number of nitrogens with zero attached hydrogens (tertiary/aromatic N) is 1. The molecule has 1 heterocycles. The molecule has 0 aliphatic carbocycles. The first kappa shape index (κ1) is 12.0. The van der Waals surface area contributed by atoms with Gasteiger partial charge in [0.05, 0.1) is 10.2 Å². The maximum absolute atomic E-state index is 13.0. The number of carbonyl (C=O) groups is 1. The maximum Gasteiger partial charge on any atom is 0.280 e. The number of aromatic nitrogens is 1. The van der Waals surface area contributed by atoms with Crippen molar-refractivity contribution in [2.24, 2.45) is 0 Å². The fourth-order valence-corrected chi connectivity index (χ4v) is 2.36. The number of halogens is 1. The van der Waals surface area contributed by atoms with Gasteiger partial charge in [0.2, 0.25) is 0 Å². The highest BCUT2D eigenvalue weighted by Gasteiger charge is 2.11. The number of nitrogens with one attached hydrogen (secondary N) is 1. The van der Waals surface area contributed by atoms with Crippen molar-refractivity contribution in [3.8, 4) is 0 Å². The quantitative estimate of drug-likeness (QED) is 0.850.